The van der Waals surface area contributed by atoms with Gasteiger partial charge in [-0.1, -0.05) is 0 Å². The van der Waals surface area contributed by atoms with Crippen molar-refractivity contribution in [2.24, 2.45) is 0 Å². The number of methoxy groups -OCH3 is 2. The van der Waals surface area contributed by atoms with E-state index in [0.29, 0.717) is 18.1 Å². The number of esters is 1. The molecule has 0 heterocycles. The molecule has 0 fully saturated rings. The molecule has 7 heteroatoms. The molecule has 132 valence electrons. The second kappa shape index (κ2) is 8.50. The lowest BCUT2D eigenvalue weighted by molar-refractivity contribution is -0.111. The summed E-state index contributed by atoms with van der Waals surface area (Å²) in [6.07, 6.45) is 11.5. The van der Waals surface area contributed by atoms with E-state index in [1.807, 2.05) is 5.92 Å². The molecule has 0 aliphatic carbocycles. The average Bonchev–Trinajstić information content (AvgIpc) is 2.52. The zero-order valence-corrected chi connectivity index (χ0v) is 15.4. The van der Waals surface area contributed by atoms with Gasteiger partial charge in [0.15, 0.2) is 11.5 Å². The minimum Gasteiger partial charge on any atom is -0.493 e. The van der Waals surface area contributed by atoms with Crippen molar-refractivity contribution in [2.45, 2.75) is 0 Å². The molecule has 1 N–H and O–H groups in total. The van der Waals surface area contributed by atoms with E-state index in [9.17, 15) is 9.59 Å². The van der Waals surface area contributed by atoms with Crippen LogP contribution >= 0.6 is 10.0 Å². The van der Waals surface area contributed by atoms with Gasteiger partial charge in [0.2, 0.25) is 0 Å². The molecule has 0 aliphatic rings. The lowest BCUT2D eigenvalue weighted by atomic mass is 10.1. The van der Waals surface area contributed by atoms with E-state index >= 15 is 0 Å². The Hall–Kier alpha value is -2.33. The van der Waals surface area contributed by atoms with Gasteiger partial charge in [0.1, 0.15) is 0 Å². The fraction of sp³-hybridized carbons (Fsp3) is 0.412. The molecule has 24 heavy (non-hydrogen) atoms. The number of benzene rings is 1. The van der Waals surface area contributed by atoms with Crippen LogP contribution in [0.15, 0.2) is 12.1 Å². The predicted octanol–water partition coefficient (Wildman–Crippen LogP) is 2.13. The third-order valence-corrected chi connectivity index (χ3v) is 4.44. The number of nitrogens with one attached hydrogen (secondary N) is 1. The van der Waals surface area contributed by atoms with Crippen molar-refractivity contribution in [3.8, 4) is 23.8 Å². The van der Waals surface area contributed by atoms with Gasteiger partial charge in [-0.05, 0) is 24.7 Å². The largest absolute Gasteiger partial charge is 0.493 e. The van der Waals surface area contributed by atoms with Crippen LogP contribution in [-0.4, -0.2) is 57.2 Å². The van der Waals surface area contributed by atoms with Gasteiger partial charge >= 0.3 is 5.97 Å². The van der Waals surface area contributed by atoms with Crippen molar-refractivity contribution < 1.29 is 23.8 Å². The first-order valence-corrected chi connectivity index (χ1v) is 10.1. The maximum atomic E-state index is 12.4. The minimum atomic E-state index is -0.777. The lowest BCUT2D eigenvalue weighted by Gasteiger charge is -2.24. The molecule has 0 bridgehead atoms. The van der Waals surface area contributed by atoms with E-state index in [-0.39, 0.29) is 11.3 Å². The van der Waals surface area contributed by atoms with Crippen LogP contribution in [0.4, 0.5) is 5.69 Å². The molecule has 0 atom stereocenters. The standard InChI is InChI=1S/C17H23NO5S/c1-7-16(19)18-13-11-15(22-3)14(21-2)10-12(13)17(20)23-8-9-24(4,5)6/h1,10-11H,8-9H2,2-6H3,(H,18,19). The Morgan fingerprint density at radius 1 is 1.17 bits per heavy atom. The molecular weight excluding hydrogens is 330 g/mol. The number of hydrogen-bond donors (Lipinski definition) is 1. The maximum Gasteiger partial charge on any atom is 0.340 e. The number of carbonyl (C=O) groups excluding carboxylic acids is 2. The number of hydrogen-bond acceptors (Lipinski definition) is 5. The lowest BCUT2D eigenvalue weighted by Crippen LogP contribution is -2.16. The molecule has 0 radical (unpaired) electrons. The van der Waals surface area contributed by atoms with Crippen molar-refractivity contribution in [3.63, 3.8) is 0 Å². The van der Waals surface area contributed by atoms with Crippen molar-refractivity contribution in [1.82, 2.24) is 0 Å². The second-order valence-corrected chi connectivity index (χ2v) is 10.4. The Labute approximate surface area is 144 Å². The number of ether oxygens (including phenoxy) is 3. The van der Waals surface area contributed by atoms with Crippen LogP contribution in [0.2, 0.25) is 0 Å². The molecular formula is C17H23NO5S. The SMILES string of the molecule is C#CC(=O)Nc1cc(OC)c(OC)cc1C(=O)OCCS(C)(C)C. The summed E-state index contributed by atoms with van der Waals surface area (Å²) < 4.78 is 15.7. The zero-order valence-electron chi connectivity index (χ0n) is 14.6. The normalized spacial score (nSPS) is 11.2. The molecule has 1 aromatic carbocycles. The number of carbonyl (C=O) groups is 2. The first-order valence-electron chi connectivity index (χ1n) is 7.08. The quantitative estimate of drug-likeness (QED) is 0.600. The van der Waals surface area contributed by atoms with Crippen LogP contribution in [0, 0.1) is 12.3 Å². The number of rotatable bonds is 7. The van der Waals surface area contributed by atoms with Crippen LogP contribution < -0.4 is 14.8 Å². The van der Waals surface area contributed by atoms with Gasteiger partial charge in [-0.2, -0.15) is 0 Å². The van der Waals surface area contributed by atoms with Gasteiger partial charge in [-0.3, -0.25) is 4.79 Å². The summed E-state index contributed by atoms with van der Waals surface area (Å²) in [6, 6.07) is 2.93. The van der Waals surface area contributed by atoms with E-state index < -0.39 is 21.9 Å². The van der Waals surface area contributed by atoms with E-state index in [1.54, 1.807) is 0 Å². The summed E-state index contributed by atoms with van der Waals surface area (Å²) in [4.78, 5) is 23.9. The van der Waals surface area contributed by atoms with Gasteiger partial charge in [-0.15, -0.1) is 6.42 Å². The van der Waals surface area contributed by atoms with Crippen molar-refractivity contribution >= 4 is 27.6 Å². The van der Waals surface area contributed by atoms with Gasteiger partial charge < -0.3 is 19.5 Å². The smallest absolute Gasteiger partial charge is 0.340 e. The second-order valence-electron chi connectivity index (χ2n) is 5.78. The van der Waals surface area contributed by atoms with Crippen LogP contribution in [0.3, 0.4) is 0 Å². The Balaban J connectivity index is 3.11. The number of terminal acetylenes is 1. The van der Waals surface area contributed by atoms with E-state index in [1.165, 1.54) is 26.4 Å². The number of amides is 1. The monoisotopic (exact) mass is 353 g/mol. The van der Waals surface area contributed by atoms with Gasteiger partial charge in [0.25, 0.3) is 5.91 Å². The molecule has 1 amide bonds. The summed E-state index contributed by atoms with van der Waals surface area (Å²) in [5.41, 5.74) is 0.365. The Morgan fingerprint density at radius 2 is 1.75 bits per heavy atom. The van der Waals surface area contributed by atoms with Crippen molar-refractivity contribution in [2.75, 3.05) is 50.7 Å². The van der Waals surface area contributed by atoms with Crippen molar-refractivity contribution in [1.29, 1.82) is 0 Å². The molecule has 0 saturated heterocycles. The zero-order chi connectivity index (χ0) is 18.3. The third-order valence-electron chi connectivity index (χ3n) is 3.05. The molecule has 6 nitrogen and oxygen atoms in total. The highest BCUT2D eigenvalue weighted by Gasteiger charge is 2.19. The van der Waals surface area contributed by atoms with E-state index in [0.717, 1.165) is 5.75 Å². The summed E-state index contributed by atoms with van der Waals surface area (Å²) in [5, 5.41) is 2.47. The minimum absolute atomic E-state index is 0.153. The van der Waals surface area contributed by atoms with E-state index in [4.69, 9.17) is 20.6 Å². The average molecular weight is 353 g/mol. The fourth-order valence-corrected chi connectivity index (χ4v) is 2.36. The summed E-state index contributed by atoms with van der Waals surface area (Å²) in [6.45, 7) is 0.300. The van der Waals surface area contributed by atoms with Gasteiger partial charge in [0, 0.05) is 17.9 Å². The predicted molar refractivity (Wildman–Crippen MR) is 97.5 cm³/mol. The maximum absolute atomic E-state index is 12.4. The first kappa shape index (κ1) is 19.7. The van der Waals surface area contributed by atoms with E-state index in [2.05, 4.69) is 24.1 Å². The van der Waals surface area contributed by atoms with Crippen LogP contribution in [0.25, 0.3) is 0 Å². The molecule has 0 saturated carbocycles. The summed E-state index contributed by atoms with van der Waals surface area (Å²) in [5.74, 6) is 2.21. The van der Waals surface area contributed by atoms with Crippen LogP contribution in [-0.2, 0) is 9.53 Å². The summed E-state index contributed by atoms with van der Waals surface area (Å²) >= 11 is 0. The Morgan fingerprint density at radius 3 is 2.25 bits per heavy atom. The van der Waals surface area contributed by atoms with Crippen LogP contribution in [0.5, 0.6) is 11.5 Å². The Bertz CT molecular complexity index is 658. The molecule has 0 aliphatic heterocycles. The first-order chi connectivity index (χ1) is 11.2. The highest BCUT2D eigenvalue weighted by Crippen LogP contribution is 2.35. The Kier molecular flexibility index (Phi) is 6.98. The topological polar surface area (TPSA) is 73.9 Å². The molecule has 1 rings (SSSR count). The highest BCUT2D eigenvalue weighted by atomic mass is 32.3. The fourth-order valence-electron chi connectivity index (χ4n) is 1.77. The van der Waals surface area contributed by atoms with Crippen LogP contribution in [0.1, 0.15) is 10.4 Å². The third kappa shape index (κ3) is 5.70. The summed E-state index contributed by atoms with van der Waals surface area (Å²) in [7, 11) is 2.13. The molecule has 0 aromatic heterocycles. The molecule has 0 spiro atoms. The highest BCUT2D eigenvalue weighted by molar-refractivity contribution is 8.32. The van der Waals surface area contributed by atoms with Crippen molar-refractivity contribution in [3.05, 3.63) is 17.7 Å². The molecule has 0 unspecified atom stereocenters. The van der Waals surface area contributed by atoms with Gasteiger partial charge in [0.05, 0.1) is 32.1 Å². The molecule has 1 aromatic rings. The van der Waals surface area contributed by atoms with Gasteiger partial charge in [-0.25, -0.2) is 14.8 Å². The number of anilines is 1.